The molecule has 2 rings (SSSR count). The summed E-state index contributed by atoms with van der Waals surface area (Å²) in [5.41, 5.74) is 2.46. The van der Waals surface area contributed by atoms with Crippen LogP contribution in [0.4, 0.5) is 11.8 Å². The normalized spacial score (nSPS) is 20.4. The van der Waals surface area contributed by atoms with E-state index in [-0.39, 0.29) is 0 Å². The van der Waals surface area contributed by atoms with Gasteiger partial charge in [0.05, 0.1) is 6.10 Å². The van der Waals surface area contributed by atoms with Crippen molar-refractivity contribution in [2.75, 3.05) is 30.0 Å². The maximum atomic E-state index is 5.67. The molecule has 94 valence electrons. The lowest BCUT2D eigenvalue weighted by Gasteiger charge is -2.33. The fraction of sp³-hybridized carbons (Fsp3) is 0.636. The molecule has 1 aliphatic heterocycles. The molecule has 1 atom stereocenters. The monoisotopic (exact) mass is 237 g/mol. The lowest BCUT2D eigenvalue weighted by molar-refractivity contribution is 0.0525. The maximum absolute atomic E-state index is 5.67. The Hall–Kier alpha value is -1.40. The van der Waals surface area contributed by atoms with E-state index in [0.717, 1.165) is 38.4 Å². The van der Waals surface area contributed by atoms with E-state index in [1.807, 2.05) is 13.0 Å². The number of piperidine rings is 1. The van der Waals surface area contributed by atoms with Crippen LogP contribution in [0.2, 0.25) is 0 Å². The summed E-state index contributed by atoms with van der Waals surface area (Å²) in [5.74, 6) is 6.65. The van der Waals surface area contributed by atoms with E-state index in [0.29, 0.717) is 12.1 Å². The Morgan fingerprint density at radius 2 is 2.53 bits per heavy atom. The molecule has 1 saturated heterocycles. The van der Waals surface area contributed by atoms with E-state index >= 15 is 0 Å². The minimum absolute atomic E-state index is 0.304. The third-order valence-corrected chi connectivity index (χ3v) is 2.87. The Morgan fingerprint density at radius 3 is 3.29 bits per heavy atom. The number of hydrogen-bond acceptors (Lipinski definition) is 6. The van der Waals surface area contributed by atoms with Gasteiger partial charge in [-0.3, -0.25) is 5.43 Å². The first-order chi connectivity index (χ1) is 8.33. The van der Waals surface area contributed by atoms with Gasteiger partial charge in [-0.25, -0.2) is 10.8 Å². The van der Waals surface area contributed by atoms with E-state index in [9.17, 15) is 0 Å². The Morgan fingerprint density at radius 1 is 1.65 bits per heavy atom. The molecule has 1 fully saturated rings. The summed E-state index contributed by atoms with van der Waals surface area (Å²) in [4.78, 5) is 10.6. The molecule has 0 bridgehead atoms. The largest absolute Gasteiger partial charge is 0.377 e. The van der Waals surface area contributed by atoms with Crippen LogP contribution in [0, 0.1) is 0 Å². The SMILES string of the molecule is CCOC1CCCN(c2ccnc(NN)n2)C1. The first-order valence-electron chi connectivity index (χ1n) is 5.99. The van der Waals surface area contributed by atoms with Crippen LogP contribution < -0.4 is 16.2 Å². The highest BCUT2D eigenvalue weighted by atomic mass is 16.5. The predicted molar refractivity (Wildman–Crippen MR) is 66.7 cm³/mol. The molecule has 0 aromatic carbocycles. The van der Waals surface area contributed by atoms with Gasteiger partial charge in [0.25, 0.3) is 0 Å². The summed E-state index contributed by atoms with van der Waals surface area (Å²) < 4.78 is 5.67. The van der Waals surface area contributed by atoms with Crippen LogP contribution in [0.25, 0.3) is 0 Å². The predicted octanol–water partition coefficient (Wildman–Crippen LogP) is 0.767. The molecule has 3 N–H and O–H groups in total. The van der Waals surface area contributed by atoms with Crippen molar-refractivity contribution in [1.29, 1.82) is 0 Å². The molecule has 0 spiro atoms. The molecule has 6 nitrogen and oxygen atoms in total. The highest BCUT2D eigenvalue weighted by Crippen LogP contribution is 2.19. The molecule has 2 heterocycles. The van der Waals surface area contributed by atoms with Gasteiger partial charge in [-0.2, -0.15) is 4.98 Å². The molecule has 17 heavy (non-hydrogen) atoms. The number of hydrogen-bond donors (Lipinski definition) is 2. The summed E-state index contributed by atoms with van der Waals surface area (Å²) >= 11 is 0. The Balaban J connectivity index is 2.05. The minimum atomic E-state index is 0.304. The van der Waals surface area contributed by atoms with Crippen LogP contribution in [0.5, 0.6) is 0 Å². The van der Waals surface area contributed by atoms with Gasteiger partial charge in [-0.05, 0) is 25.8 Å². The van der Waals surface area contributed by atoms with Crippen LogP contribution in [0.3, 0.4) is 0 Å². The van der Waals surface area contributed by atoms with Crippen LogP contribution >= 0.6 is 0 Å². The van der Waals surface area contributed by atoms with Crippen molar-refractivity contribution >= 4 is 11.8 Å². The maximum Gasteiger partial charge on any atom is 0.239 e. The summed E-state index contributed by atoms with van der Waals surface area (Å²) in [6, 6.07) is 1.90. The molecule has 0 saturated carbocycles. The number of aromatic nitrogens is 2. The van der Waals surface area contributed by atoms with Gasteiger partial charge in [0, 0.05) is 25.9 Å². The van der Waals surface area contributed by atoms with Gasteiger partial charge in [-0.1, -0.05) is 0 Å². The lowest BCUT2D eigenvalue weighted by Crippen LogP contribution is -2.40. The second-order valence-electron chi connectivity index (χ2n) is 4.05. The second-order valence-corrected chi connectivity index (χ2v) is 4.05. The van der Waals surface area contributed by atoms with Gasteiger partial charge in [0.2, 0.25) is 5.95 Å². The number of nitrogens with two attached hydrogens (primary N) is 1. The molecule has 1 aromatic rings. The summed E-state index contributed by atoms with van der Waals surface area (Å²) in [6.07, 6.45) is 4.26. The topological polar surface area (TPSA) is 76.3 Å². The molecular formula is C11H19N5O. The van der Waals surface area contributed by atoms with Crippen molar-refractivity contribution in [3.05, 3.63) is 12.3 Å². The number of nitrogens with zero attached hydrogens (tertiary/aromatic N) is 3. The zero-order chi connectivity index (χ0) is 12.1. The summed E-state index contributed by atoms with van der Waals surface area (Å²) in [5, 5.41) is 0. The van der Waals surface area contributed by atoms with Crippen molar-refractivity contribution < 1.29 is 4.74 Å². The van der Waals surface area contributed by atoms with E-state index < -0.39 is 0 Å². The molecule has 0 amide bonds. The number of ether oxygens (including phenoxy) is 1. The number of anilines is 2. The number of nitrogens with one attached hydrogen (secondary N) is 1. The van der Waals surface area contributed by atoms with Gasteiger partial charge in [-0.15, -0.1) is 0 Å². The smallest absolute Gasteiger partial charge is 0.239 e. The molecule has 0 aliphatic carbocycles. The highest BCUT2D eigenvalue weighted by molar-refractivity contribution is 5.42. The van der Waals surface area contributed by atoms with Gasteiger partial charge in [0.15, 0.2) is 0 Å². The summed E-state index contributed by atoms with van der Waals surface area (Å²) in [7, 11) is 0. The molecule has 1 unspecified atom stereocenters. The average molecular weight is 237 g/mol. The Bertz CT molecular complexity index is 357. The number of rotatable bonds is 4. The van der Waals surface area contributed by atoms with E-state index in [1.54, 1.807) is 6.20 Å². The average Bonchev–Trinajstić information content (AvgIpc) is 2.40. The zero-order valence-electron chi connectivity index (χ0n) is 10.1. The van der Waals surface area contributed by atoms with Gasteiger partial charge in [0.1, 0.15) is 5.82 Å². The molecule has 6 heteroatoms. The summed E-state index contributed by atoms with van der Waals surface area (Å²) in [6.45, 7) is 4.68. The standard InChI is InChI=1S/C11H19N5O/c1-2-17-9-4-3-7-16(8-9)10-5-6-13-11(14-10)15-12/h5-6,9H,2-4,7-8,12H2,1H3,(H,13,14,15). The van der Waals surface area contributed by atoms with Crippen LogP contribution in [0.15, 0.2) is 12.3 Å². The van der Waals surface area contributed by atoms with Crippen LogP contribution in [0.1, 0.15) is 19.8 Å². The number of nitrogen functional groups attached to an aromatic ring is 1. The lowest BCUT2D eigenvalue weighted by atomic mass is 10.1. The first kappa shape index (κ1) is 12.1. The Kier molecular flexibility index (Phi) is 4.11. The fourth-order valence-electron chi connectivity index (χ4n) is 2.11. The molecule has 1 aliphatic rings. The Labute approximate surface area is 101 Å². The van der Waals surface area contributed by atoms with Gasteiger partial charge >= 0.3 is 0 Å². The molecule has 0 radical (unpaired) electrons. The quantitative estimate of drug-likeness (QED) is 0.595. The van der Waals surface area contributed by atoms with E-state index in [4.69, 9.17) is 10.6 Å². The van der Waals surface area contributed by atoms with Crippen molar-refractivity contribution in [2.24, 2.45) is 5.84 Å². The third kappa shape index (κ3) is 3.04. The molecular weight excluding hydrogens is 218 g/mol. The van der Waals surface area contributed by atoms with Crippen molar-refractivity contribution in [3.63, 3.8) is 0 Å². The highest BCUT2D eigenvalue weighted by Gasteiger charge is 2.21. The minimum Gasteiger partial charge on any atom is -0.377 e. The molecule has 1 aromatic heterocycles. The van der Waals surface area contributed by atoms with Crippen LogP contribution in [-0.4, -0.2) is 35.8 Å². The van der Waals surface area contributed by atoms with Crippen molar-refractivity contribution in [2.45, 2.75) is 25.9 Å². The number of hydrazine groups is 1. The third-order valence-electron chi connectivity index (χ3n) is 2.87. The zero-order valence-corrected chi connectivity index (χ0v) is 10.1. The van der Waals surface area contributed by atoms with E-state index in [2.05, 4.69) is 20.3 Å². The first-order valence-corrected chi connectivity index (χ1v) is 5.99. The fourth-order valence-corrected chi connectivity index (χ4v) is 2.11. The van der Waals surface area contributed by atoms with Crippen molar-refractivity contribution in [1.82, 2.24) is 9.97 Å². The van der Waals surface area contributed by atoms with Crippen molar-refractivity contribution in [3.8, 4) is 0 Å². The second kappa shape index (κ2) is 5.79. The van der Waals surface area contributed by atoms with Crippen LogP contribution in [-0.2, 0) is 4.74 Å². The van der Waals surface area contributed by atoms with Gasteiger partial charge < -0.3 is 9.64 Å². The van der Waals surface area contributed by atoms with E-state index in [1.165, 1.54) is 0 Å².